The Morgan fingerprint density at radius 1 is 1.07 bits per heavy atom. The largest absolute Gasteiger partial charge is 0.497 e. The molecule has 2 heterocycles. The van der Waals surface area contributed by atoms with Crippen LogP contribution in [-0.2, 0) is 29.2 Å². The zero-order chi connectivity index (χ0) is 29.2. The van der Waals surface area contributed by atoms with Gasteiger partial charge in [-0.3, -0.25) is 0 Å². The van der Waals surface area contributed by atoms with Crippen molar-refractivity contribution in [1.82, 2.24) is 4.98 Å². The number of aromatic nitrogens is 1. The van der Waals surface area contributed by atoms with Gasteiger partial charge in [-0.2, -0.15) is 13.2 Å². The minimum atomic E-state index is -4.44. The molecule has 0 radical (unpaired) electrons. The van der Waals surface area contributed by atoms with E-state index in [0.29, 0.717) is 53.0 Å². The molecule has 0 amide bonds. The molecular formula is C29H28F3N3O4S2. The number of halogens is 3. The minimum Gasteiger partial charge on any atom is -0.497 e. The monoisotopic (exact) mass is 603 g/mol. The Morgan fingerprint density at radius 2 is 1.83 bits per heavy atom. The summed E-state index contributed by atoms with van der Waals surface area (Å²) < 4.78 is 80.5. The molecule has 1 aliphatic heterocycles. The number of alkyl halides is 3. The van der Waals surface area contributed by atoms with Crippen molar-refractivity contribution < 1.29 is 31.1 Å². The smallest absolute Gasteiger partial charge is 0.416 e. The Bertz CT molecular complexity index is 1610. The van der Waals surface area contributed by atoms with Crippen molar-refractivity contribution in [3.8, 4) is 11.5 Å². The van der Waals surface area contributed by atoms with E-state index in [9.17, 15) is 21.6 Å². The first kappa shape index (κ1) is 28.7. The maximum Gasteiger partial charge on any atom is 0.416 e. The normalized spacial score (nSPS) is 13.4. The molecule has 216 valence electrons. The lowest BCUT2D eigenvalue weighted by Gasteiger charge is -2.33. The number of hydrogen-bond acceptors (Lipinski definition) is 7. The van der Waals surface area contributed by atoms with E-state index < -0.39 is 21.8 Å². The lowest BCUT2D eigenvalue weighted by molar-refractivity contribution is -0.137. The van der Waals surface area contributed by atoms with Crippen LogP contribution < -0.4 is 18.7 Å². The summed E-state index contributed by atoms with van der Waals surface area (Å²) in [6.07, 6.45) is -1.76. The Labute approximate surface area is 240 Å². The van der Waals surface area contributed by atoms with E-state index in [4.69, 9.17) is 9.47 Å². The van der Waals surface area contributed by atoms with E-state index in [1.807, 2.05) is 11.8 Å². The standard InChI is InChI=1S/C29H28F3N3O4S2/c1-3-4-21-17-22(29(30,31)32)7-11-25(21)34-14-15-39-27-18-24(10-12-26(27)34)41(36,37)35(28-33-13-16-40-28)19-20-5-8-23(38-2)9-6-20/h5-13,16-18H,3-4,14-15,19H2,1-2H3. The van der Waals surface area contributed by atoms with E-state index >= 15 is 0 Å². The molecule has 4 aromatic rings. The van der Waals surface area contributed by atoms with Gasteiger partial charge < -0.3 is 14.4 Å². The number of thiazole rings is 1. The van der Waals surface area contributed by atoms with Crippen LogP contribution in [0, 0.1) is 0 Å². The highest BCUT2D eigenvalue weighted by Gasteiger charge is 2.33. The van der Waals surface area contributed by atoms with Crippen LogP contribution in [-0.4, -0.2) is 33.7 Å². The SMILES string of the molecule is CCCc1cc(C(F)(F)F)ccc1N1CCOc2cc(S(=O)(=O)N(Cc3ccc(OC)cc3)c3nccs3)ccc21. The molecule has 0 unspecified atom stereocenters. The fourth-order valence-corrected chi connectivity index (χ4v) is 7.02. The van der Waals surface area contributed by atoms with Crippen molar-refractivity contribution in [2.24, 2.45) is 0 Å². The number of methoxy groups -OCH3 is 1. The molecule has 1 aliphatic rings. The van der Waals surface area contributed by atoms with Crippen molar-refractivity contribution in [3.63, 3.8) is 0 Å². The third-order valence-electron chi connectivity index (χ3n) is 6.72. The van der Waals surface area contributed by atoms with Crippen molar-refractivity contribution in [1.29, 1.82) is 0 Å². The van der Waals surface area contributed by atoms with Crippen LogP contribution in [0.4, 0.5) is 29.7 Å². The number of hydrogen-bond donors (Lipinski definition) is 0. The summed E-state index contributed by atoms with van der Waals surface area (Å²) in [6, 6.07) is 15.5. The van der Waals surface area contributed by atoms with Gasteiger partial charge in [0.25, 0.3) is 10.0 Å². The predicted molar refractivity (Wildman–Crippen MR) is 153 cm³/mol. The van der Waals surface area contributed by atoms with Gasteiger partial charge in [0.05, 0.1) is 36.3 Å². The van der Waals surface area contributed by atoms with Gasteiger partial charge in [-0.15, -0.1) is 11.3 Å². The number of anilines is 3. The molecule has 0 N–H and O–H groups in total. The second kappa shape index (κ2) is 11.6. The van der Waals surface area contributed by atoms with Crippen LogP contribution in [0.5, 0.6) is 11.5 Å². The molecule has 0 fully saturated rings. The summed E-state index contributed by atoms with van der Waals surface area (Å²) in [5.41, 5.74) is 1.85. The number of ether oxygens (including phenoxy) is 2. The Hall–Kier alpha value is -3.77. The van der Waals surface area contributed by atoms with E-state index in [-0.39, 0.29) is 18.0 Å². The number of benzene rings is 3. The van der Waals surface area contributed by atoms with Crippen molar-refractivity contribution in [2.45, 2.75) is 37.4 Å². The summed E-state index contributed by atoms with van der Waals surface area (Å²) in [5.74, 6) is 0.993. The molecule has 0 atom stereocenters. The van der Waals surface area contributed by atoms with Crippen LogP contribution in [0.1, 0.15) is 30.0 Å². The van der Waals surface area contributed by atoms with Crippen LogP contribution >= 0.6 is 11.3 Å². The van der Waals surface area contributed by atoms with Crippen LogP contribution in [0.2, 0.25) is 0 Å². The average molecular weight is 604 g/mol. The molecule has 7 nitrogen and oxygen atoms in total. The van der Waals surface area contributed by atoms with Crippen LogP contribution in [0.3, 0.4) is 0 Å². The molecule has 0 aliphatic carbocycles. The van der Waals surface area contributed by atoms with E-state index in [0.717, 1.165) is 11.6 Å². The van der Waals surface area contributed by atoms with Gasteiger partial charge in [0.2, 0.25) is 0 Å². The highest BCUT2D eigenvalue weighted by atomic mass is 32.2. The van der Waals surface area contributed by atoms with Gasteiger partial charge >= 0.3 is 6.18 Å². The molecule has 0 saturated carbocycles. The zero-order valence-corrected chi connectivity index (χ0v) is 24.0. The molecule has 5 rings (SSSR count). The number of rotatable bonds is 9. The first-order chi connectivity index (χ1) is 19.6. The van der Waals surface area contributed by atoms with Gasteiger partial charge in [-0.05, 0) is 60.0 Å². The van der Waals surface area contributed by atoms with Crippen molar-refractivity contribution in [2.75, 3.05) is 29.5 Å². The van der Waals surface area contributed by atoms with Gasteiger partial charge in [0, 0.05) is 23.3 Å². The highest BCUT2D eigenvalue weighted by molar-refractivity contribution is 7.93. The van der Waals surface area contributed by atoms with Gasteiger partial charge in [0.15, 0.2) is 5.13 Å². The van der Waals surface area contributed by atoms with E-state index in [1.165, 1.54) is 39.9 Å². The third kappa shape index (κ3) is 5.98. The second-order valence-electron chi connectivity index (χ2n) is 9.40. The quantitative estimate of drug-likeness (QED) is 0.204. The van der Waals surface area contributed by atoms with Gasteiger partial charge in [0.1, 0.15) is 18.1 Å². The fraction of sp³-hybridized carbons (Fsp3) is 0.276. The van der Waals surface area contributed by atoms with Gasteiger partial charge in [-0.1, -0.05) is 25.5 Å². The summed E-state index contributed by atoms with van der Waals surface area (Å²) in [7, 11) is -2.51. The summed E-state index contributed by atoms with van der Waals surface area (Å²) in [4.78, 5) is 6.15. The first-order valence-corrected chi connectivity index (χ1v) is 15.2. The lowest BCUT2D eigenvalue weighted by atomic mass is 10.0. The van der Waals surface area contributed by atoms with Crippen LogP contribution in [0.15, 0.2) is 77.1 Å². The maximum atomic E-state index is 14.0. The van der Waals surface area contributed by atoms with Crippen LogP contribution in [0.25, 0.3) is 0 Å². The van der Waals surface area contributed by atoms with E-state index in [2.05, 4.69) is 4.98 Å². The number of aryl methyl sites for hydroxylation is 1. The summed E-state index contributed by atoms with van der Waals surface area (Å²) in [6.45, 7) is 2.61. The zero-order valence-electron chi connectivity index (χ0n) is 22.4. The fourth-order valence-electron chi connectivity index (χ4n) is 4.72. The molecule has 0 bridgehead atoms. The topological polar surface area (TPSA) is 72.0 Å². The first-order valence-electron chi connectivity index (χ1n) is 12.9. The Balaban J connectivity index is 1.50. The highest BCUT2D eigenvalue weighted by Crippen LogP contribution is 2.42. The van der Waals surface area contributed by atoms with Gasteiger partial charge in [-0.25, -0.2) is 17.7 Å². The number of sulfonamides is 1. The molecule has 0 spiro atoms. The molecular weight excluding hydrogens is 575 g/mol. The molecule has 3 aromatic carbocycles. The average Bonchev–Trinajstić information content (AvgIpc) is 3.50. The number of fused-ring (bicyclic) bond motifs is 1. The van der Waals surface area contributed by atoms with E-state index in [1.54, 1.807) is 49.0 Å². The summed E-state index contributed by atoms with van der Waals surface area (Å²) >= 11 is 1.21. The third-order valence-corrected chi connectivity index (χ3v) is 9.36. The Morgan fingerprint density at radius 3 is 2.49 bits per heavy atom. The molecule has 1 aromatic heterocycles. The number of nitrogens with zero attached hydrogens (tertiary/aromatic N) is 3. The summed E-state index contributed by atoms with van der Waals surface area (Å²) in [5, 5.41) is 2.02. The maximum absolute atomic E-state index is 14.0. The molecule has 12 heteroatoms. The lowest BCUT2D eigenvalue weighted by Crippen LogP contribution is -2.32. The second-order valence-corrected chi connectivity index (χ2v) is 12.1. The van der Waals surface area contributed by atoms with Crippen molar-refractivity contribution >= 4 is 37.9 Å². The Kier molecular flexibility index (Phi) is 8.14. The minimum absolute atomic E-state index is 0.0167. The molecule has 41 heavy (non-hydrogen) atoms. The predicted octanol–water partition coefficient (Wildman–Crippen LogP) is 7.05. The molecule has 0 saturated heterocycles. The van der Waals surface area contributed by atoms with Crippen molar-refractivity contribution in [3.05, 3.63) is 88.9 Å².